The summed E-state index contributed by atoms with van der Waals surface area (Å²) in [5, 5.41) is 7.85. The van der Waals surface area contributed by atoms with E-state index in [9.17, 15) is 13.2 Å². The number of benzene rings is 2. The Morgan fingerprint density at radius 1 is 1.11 bits per heavy atom. The molecule has 0 spiro atoms. The average Bonchev–Trinajstić information content (AvgIpc) is 3.14. The van der Waals surface area contributed by atoms with Gasteiger partial charge < -0.3 is 5.32 Å². The van der Waals surface area contributed by atoms with E-state index < -0.39 is 9.84 Å². The first-order valence-electron chi connectivity index (χ1n) is 8.79. The van der Waals surface area contributed by atoms with E-state index in [1.165, 1.54) is 0 Å². The Bertz CT molecular complexity index is 1060. The van der Waals surface area contributed by atoms with Crippen LogP contribution in [0.5, 0.6) is 0 Å². The minimum absolute atomic E-state index is 0.0469. The Kier molecular flexibility index (Phi) is 6.16. The molecular weight excluding hydrogens is 398 g/mol. The zero-order valence-electron chi connectivity index (χ0n) is 15.3. The highest BCUT2D eigenvalue weighted by atomic mass is 35.5. The van der Waals surface area contributed by atoms with Crippen LogP contribution in [0.3, 0.4) is 0 Å². The molecule has 0 aliphatic heterocycles. The SMILES string of the molecule is CCS(=O)(=O)CCNC(=O)c1cc(-c2ccc(Cl)cc2)nn1-c1ccccc1. The summed E-state index contributed by atoms with van der Waals surface area (Å²) in [6.07, 6.45) is 0. The van der Waals surface area contributed by atoms with E-state index in [1.807, 2.05) is 42.5 Å². The third-order valence-corrected chi connectivity index (χ3v) is 6.18. The van der Waals surface area contributed by atoms with Crippen LogP contribution in [0.1, 0.15) is 17.4 Å². The van der Waals surface area contributed by atoms with E-state index in [4.69, 9.17) is 11.6 Å². The van der Waals surface area contributed by atoms with Gasteiger partial charge in [0.1, 0.15) is 5.69 Å². The average molecular weight is 418 g/mol. The first kappa shape index (κ1) is 20.1. The highest BCUT2D eigenvalue weighted by Crippen LogP contribution is 2.23. The molecule has 8 heteroatoms. The lowest BCUT2D eigenvalue weighted by atomic mass is 10.1. The molecule has 3 rings (SSSR count). The molecule has 146 valence electrons. The quantitative estimate of drug-likeness (QED) is 0.639. The number of carbonyl (C=O) groups is 1. The molecule has 6 nitrogen and oxygen atoms in total. The van der Waals surface area contributed by atoms with E-state index in [0.717, 1.165) is 11.3 Å². The molecule has 0 bridgehead atoms. The van der Waals surface area contributed by atoms with Crippen LogP contribution < -0.4 is 5.32 Å². The van der Waals surface area contributed by atoms with E-state index in [0.29, 0.717) is 16.4 Å². The lowest BCUT2D eigenvalue weighted by Crippen LogP contribution is -2.31. The van der Waals surface area contributed by atoms with Gasteiger partial charge in [0.2, 0.25) is 0 Å². The van der Waals surface area contributed by atoms with Gasteiger partial charge >= 0.3 is 0 Å². The summed E-state index contributed by atoms with van der Waals surface area (Å²) in [6, 6.07) is 18.1. The Morgan fingerprint density at radius 3 is 2.43 bits per heavy atom. The number of aromatic nitrogens is 2. The van der Waals surface area contributed by atoms with Gasteiger partial charge in [-0.1, -0.05) is 48.9 Å². The van der Waals surface area contributed by atoms with Gasteiger partial charge in [-0.15, -0.1) is 0 Å². The molecule has 0 saturated carbocycles. The molecule has 0 unspecified atom stereocenters. The van der Waals surface area contributed by atoms with E-state index in [2.05, 4.69) is 10.4 Å². The number of halogens is 1. The summed E-state index contributed by atoms with van der Waals surface area (Å²) in [5.74, 6) is -0.438. The van der Waals surface area contributed by atoms with Gasteiger partial charge in [0.25, 0.3) is 5.91 Å². The van der Waals surface area contributed by atoms with Crippen LogP contribution in [-0.2, 0) is 9.84 Å². The molecule has 0 radical (unpaired) electrons. The zero-order valence-corrected chi connectivity index (χ0v) is 16.9. The van der Waals surface area contributed by atoms with Gasteiger partial charge in [-0.3, -0.25) is 4.79 Å². The van der Waals surface area contributed by atoms with E-state index in [-0.39, 0.29) is 24.0 Å². The van der Waals surface area contributed by atoms with Crippen molar-refractivity contribution in [1.29, 1.82) is 0 Å². The Labute approximate surface area is 169 Å². The molecule has 0 atom stereocenters. The van der Waals surface area contributed by atoms with Gasteiger partial charge in [-0.25, -0.2) is 13.1 Å². The fraction of sp³-hybridized carbons (Fsp3) is 0.200. The molecule has 1 heterocycles. The van der Waals surface area contributed by atoms with Gasteiger partial charge in [-0.2, -0.15) is 5.10 Å². The number of hydrogen-bond donors (Lipinski definition) is 1. The van der Waals surface area contributed by atoms with Gasteiger partial charge in [0, 0.05) is 22.9 Å². The Balaban J connectivity index is 1.92. The van der Waals surface area contributed by atoms with E-state index >= 15 is 0 Å². The molecule has 28 heavy (non-hydrogen) atoms. The number of rotatable bonds is 7. The van der Waals surface area contributed by atoms with Crippen LogP contribution in [0.25, 0.3) is 16.9 Å². The molecule has 2 aromatic carbocycles. The molecule has 1 amide bonds. The van der Waals surface area contributed by atoms with Crippen molar-refractivity contribution in [3.63, 3.8) is 0 Å². The molecule has 1 aromatic heterocycles. The standard InChI is InChI=1S/C20H20ClN3O3S/c1-2-28(26,27)13-12-22-20(25)19-14-18(15-8-10-16(21)11-9-15)23-24(19)17-6-4-3-5-7-17/h3-11,14H,2,12-13H2,1H3,(H,22,25). The minimum Gasteiger partial charge on any atom is -0.350 e. The van der Waals surface area contributed by atoms with Crippen LogP contribution in [0.15, 0.2) is 60.7 Å². The van der Waals surface area contributed by atoms with Crippen LogP contribution in [-0.4, -0.2) is 42.2 Å². The van der Waals surface area contributed by atoms with Crippen molar-refractivity contribution < 1.29 is 13.2 Å². The van der Waals surface area contributed by atoms with Gasteiger partial charge in [-0.05, 0) is 30.3 Å². The highest BCUT2D eigenvalue weighted by molar-refractivity contribution is 7.91. The largest absolute Gasteiger partial charge is 0.350 e. The fourth-order valence-electron chi connectivity index (χ4n) is 2.63. The maximum atomic E-state index is 12.7. The number of carbonyl (C=O) groups excluding carboxylic acids is 1. The second kappa shape index (κ2) is 8.58. The predicted molar refractivity (Wildman–Crippen MR) is 111 cm³/mol. The number of amides is 1. The maximum Gasteiger partial charge on any atom is 0.270 e. The third kappa shape index (κ3) is 4.79. The first-order chi connectivity index (χ1) is 13.4. The molecular formula is C20H20ClN3O3S. The summed E-state index contributed by atoms with van der Waals surface area (Å²) in [7, 11) is -3.15. The molecule has 0 aliphatic rings. The Hall–Kier alpha value is -2.64. The molecule has 1 N–H and O–H groups in total. The third-order valence-electron chi connectivity index (χ3n) is 4.22. The molecule has 3 aromatic rings. The topological polar surface area (TPSA) is 81.1 Å². The summed E-state index contributed by atoms with van der Waals surface area (Å²) >= 11 is 5.95. The van der Waals surface area contributed by atoms with Crippen molar-refractivity contribution in [2.45, 2.75) is 6.92 Å². The predicted octanol–water partition coefficient (Wildman–Crippen LogP) is 3.36. The number of sulfone groups is 1. The summed E-state index contributed by atoms with van der Waals surface area (Å²) < 4.78 is 24.8. The van der Waals surface area contributed by atoms with E-state index in [1.54, 1.807) is 29.8 Å². The van der Waals surface area contributed by atoms with Crippen molar-refractivity contribution in [1.82, 2.24) is 15.1 Å². The van der Waals surface area contributed by atoms with Crippen LogP contribution in [0.2, 0.25) is 5.02 Å². The van der Waals surface area contributed by atoms with Crippen LogP contribution in [0.4, 0.5) is 0 Å². The van der Waals surface area contributed by atoms with Gasteiger partial charge in [0.15, 0.2) is 9.84 Å². The number of nitrogens with zero attached hydrogens (tertiary/aromatic N) is 2. The van der Waals surface area contributed by atoms with Crippen molar-refractivity contribution in [2.75, 3.05) is 18.1 Å². The highest BCUT2D eigenvalue weighted by Gasteiger charge is 2.18. The second-order valence-corrected chi connectivity index (χ2v) is 9.07. The lowest BCUT2D eigenvalue weighted by molar-refractivity contribution is 0.0948. The number of hydrogen-bond acceptors (Lipinski definition) is 4. The second-order valence-electron chi connectivity index (χ2n) is 6.16. The summed E-state index contributed by atoms with van der Waals surface area (Å²) in [4.78, 5) is 12.7. The zero-order chi connectivity index (χ0) is 20.1. The van der Waals surface area contributed by atoms with Crippen molar-refractivity contribution in [3.8, 4) is 16.9 Å². The molecule has 0 saturated heterocycles. The van der Waals surface area contributed by atoms with Crippen LogP contribution in [0, 0.1) is 0 Å². The summed E-state index contributed by atoms with van der Waals surface area (Å²) in [5.41, 5.74) is 2.49. The summed E-state index contributed by atoms with van der Waals surface area (Å²) in [6.45, 7) is 1.63. The normalized spacial score (nSPS) is 11.4. The minimum atomic E-state index is -3.15. The van der Waals surface area contributed by atoms with Crippen molar-refractivity contribution in [3.05, 3.63) is 71.4 Å². The van der Waals surface area contributed by atoms with Gasteiger partial charge in [0.05, 0.1) is 17.1 Å². The van der Waals surface area contributed by atoms with Crippen molar-refractivity contribution in [2.24, 2.45) is 0 Å². The monoisotopic (exact) mass is 417 g/mol. The van der Waals surface area contributed by atoms with Crippen molar-refractivity contribution >= 4 is 27.3 Å². The molecule has 0 fully saturated rings. The smallest absolute Gasteiger partial charge is 0.270 e. The number of para-hydroxylation sites is 1. The Morgan fingerprint density at radius 2 is 1.79 bits per heavy atom. The maximum absolute atomic E-state index is 12.7. The first-order valence-corrected chi connectivity index (χ1v) is 11.0. The fourth-order valence-corrected chi connectivity index (χ4v) is 3.45. The number of nitrogens with one attached hydrogen (secondary N) is 1. The lowest BCUT2D eigenvalue weighted by Gasteiger charge is -2.08. The van der Waals surface area contributed by atoms with Crippen LogP contribution >= 0.6 is 11.6 Å². The molecule has 0 aliphatic carbocycles.